The largest absolute Gasteiger partial charge is 0.393 e. The van der Waals surface area contributed by atoms with Crippen molar-refractivity contribution in [2.75, 3.05) is 5.32 Å². The fraction of sp³-hybridized carbons (Fsp3) is 0.273. The van der Waals surface area contributed by atoms with Gasteiger partial charge in [0.25, 0.3) is 0 Å². The van der Waals surface area contributed by atoms with Crippen molar-refractivity contribution >= 4 is 52.0 Å². The lowest BCUT2D eigenvalue weighted by Crippen LogP contribution is -2.32. The average molecular weight is 291 g/mol. The van der Waals surface area contributed by atoms with Gasteiger partial charge in [-0.1, -0.05) is 42.3 Å². The summed E-state index contributed by atoms with van der Waals surface area (Å²) < 4.78 is 0. The van der Waals surface area contributed by atoms with E-state index in [4.69, 9.17) is 41.2 Å². The molecule has 1 aromatic carbocycles. The Bertz CT molecular complexity index is 451. The highest BCUT2D eigenvalue weighted by molar-refractivity contribution is 7.80. The first-order valence-electron chi connectivity index (χ1n) is 5.01. The molecule has 0 aliphatic heterocycles. The summed E-state index contributed by atoms with van der Waals surface area (Å²) >= 11 is 16.4. The predicted molar refractivity (Wildman–Crippen MR) is 75.7 cm³/mol. The minimum atomic E-state index is -0.473. The molecular formula is C11H12Cl2N2OS. The van der Waals surface area contributed by atoms with E-state index < -0.39 is 5.92 Å². The molecule has 1 rings (SSSR count). The van der Waals surface area contributed by atoms with Crippen LogP contribution in [0.3, 0.4) is 0 Å². The van der Waals surface area contributed by atoms with Crippen molar-refractivity contribution in [3.63, 3.8) is 0 Å². The molecule has 0 aliphatic rings. The van der Waals surface area contributed by atoms with E-state index in [9.17, 15) is 4.79 Å². The first-order valence-corrected chi connectivity index (χ1v) is 6.17. The Hall–Kier alpha value is -0.840. The van der Waals surface area contributed by atoms with Gasteiger partial charge in [0.2, 0.25) is 5.91 Å². The maximum absolute atomic E-state index is 11.8. The molecule has 92 valence electrons. The Morgan fingerprint density at radius 1 is 1.47 bits per heavy atom. The van der Waals surface area contributed by atoms with E-state index in [2.05, 4.69) is 5.32 Å². The molecule has 0 aromatic heterocycles. The molecule has 1 atom stereocenters. The Morgan fingerprint density at radius 2 is 2.12 bits per heavy atom. The van der Waals surface area contributed by atoms with Gasteiger partial charge in [-0.3, -0.25) is 4.79 Å². The number of thiocarbonyl (C=S) groups is 1. The minimum absolute atomic E-state index is 0.185. The Morgan fingerprint density at radius 3 is 2.59 bits per heavy atom. The van der Waals surface area contributed by atoms with Gasteiger partial charge in [0.15, 0.2) is 0 Å². The molecule has 0 fully saturated rings. The Balaban J connectivity index is 2.80. The molecule has 0 saturated heterocycles. The topological polar surface area (TPSA) is 55.1 Å². The second-order valence-corrected chi connectivity index (χ2v) is 4.77. The lowest BCUT2D eigenvalue weighted by Gasteiger charge is -2.13. The minimum Gasteiger partial charge on any atom is -0.393 e. The van der Waals surface area contributed by atoms with Gasteiger partial charge < -0.3 is 11.1 Å². The third kappa shape index (κ3) is 3.84. The van der Waals surface area contributed by atoms with Crippen LogP contribution in [0.2, 0.25) is 10.0 Å². The Labute approximate surface area is 115 Å². The van der Waals surface area contributed by atoms with Crippen LogP contribution >= 0.6 is 35.4 Å². The summed E-state index contributed by atoms with van der Waals surface area (Å²) in [4.78, 5) is 12.0. The monoisotopic (exact) mass is 290 g/mol. The number of carbonyl (C=O) groups is 1. The van der Waals surface area contributed by atoms with E-state index in [0.717, 1.165) is 0 Å². The van der Waals surface area contributed by atoms with Gasteiger partial charge in [-0.2, -0.15) is 0 Å². The zero-order valence-electron chi connectivity index (χ0n) is 9.17. The third-order valence-corrected chi connectivity index (χ3v) is 3.28. The molecule has 3 N–H and O–H groups in total. The molecule has 17 heavy (non-hydrogen) atoms. The number of benzene rings is 1. The number of hydrogen-bond donors (Lipinski definition) is 2. The molecular weight excluding hydrogens is 279 g/mol. The van der Waals surface area contributed by atoms with Crippen molar-refractivity contribution in [2.24, 2.45) is 11.7 Å². The molecule has 6 heteroatoms. The normalized spacial score (nSPS) is 11.9. The SMILES string of the molecule is CCC(C(=O)Nc1ccc(Cl)c(Cl)c1)C(N)=S. The van der Waals surface area contributed by atoms with E-state index >= 15 is 0 Å². The number of amides is 1. The summed E-state index contributed by atoms with van der Waals surface area (Å²) in [6.07, 6.45) is 0.558. The molecule has 0 saturated carbocycles. The molecule has 0 radical (unpaired) electrons. The summed E-state index contributed by atoms with van der Waals surface area (Å²) in [6, 6.07) is 4.85. The molecule has 0 heterocycles. The third-order valence-electron chi connectivity index (χ3n) is 2.26. The number of carbonyl (C=O) groups excluding carboxylic acids is 1. The van der Waals surface area contributed by atoms with Crippen LogP contribution in [0.4, 0.5) is 5.69 Å². The van der Waals surface area contributed by atoms with Crippen LogP contribution in [0.15, 0.2) is 18.2 Å². The van der Waals surface area contributed by atoms with Crippen molar-refractivity contribution in [3.05, 3.63) is 28.2 Å². The van der Waals surface area contributed by atoms with Crippen LogP contribution < -0.4 is 11.1 Å². The van der Waals surface area contributed by atoms with Gasteiger partial charge in [-0.25, -0.2) is 0 Å². The highest BCUT2D eigenvalue weighted by Gasteiger charge is 2.19. The number of hydrogen-bond acceptors (Lipinski definition) is 2. The van der Waals surface area contributed by atoms with Crippen molar-refractivity contribution in [2.45, 2.75) is 13.3 Å². The van der Waals surface area contributed by atoms with Gasteiger partial charge in [-0.05, 0) is 24.6 Å². The first-order chi connectivity index (χ1) is 7.95. The van der Waals surface area contributed by atoms with Crippen LogP contribution in [0.1, 0.15) is 13.3 Å². The van der Waals surface area contributed by atoms with Crippen LogP contribution in [0, 0.1) is 5.92 Å². The lowest BCUT2D eigenvalue weighted by molar-refractivity contribution is -0.118. The van der Waals surface area contributed by atoms with Crippen molar-refractivity contribution in [3.8, 4) is 0 Å². The fourth-order valence-corrected chi connectivity index (χ4v) is 1.89. The number of rotatable bonds is 4. The predicted octanol–water partition coefficient (Wildman–Crippen LogP) is 3.24. The van der Waals surface area contributed by atoms with E-state index in [1.165, 1.54) is 0 Å². The zero-order chi connectivity index (χ0) is 13.0. The van der Waals surface area contributed by atoms with Gasteiger partial charge in [0, 0.05) is 5.69 Å². The number of nitrogens with two attached hydrogens (primary N) is 1. The van der Waals surface area contributed by atoms with Gasteiger partial charge in [0.1, 0.15) is 0 Å². The number of anilines is 1. The van der Waals surface area contributed by atoms with Crippen LogP contribution in [-0.2, 0) is 4.79 Å². The fourth-order valence-electron chi connectivity index (χ4n) is 1.32. The summed E-state index contributed by atoms with van der Waals surface area (Å²) in [5.74, 6) is -0.710. The second-order valence-electron chi connectivity index (χ2n) is 3.48. The Kier molecular flexibility index (Phi) is 5.18. The molecule has 1 unspecified atom stereocenters. The molecule has 0 spiro atoms. The van der Waals surface area contributed by atoms with Gasteiger partial charge in [-0.15, -0.1) is 0 Å². The van der Waals surface area contributed by atoms with Crippen LogP contribution in [0.5, 0.6) is 0 Å². The maximum Gasteiger partial charge on any atom is 0.234 e. The van der Waals surface area contributed by atoms with Crippen LogP contribution in [0.25, 0.3) is 0 Å². The van der Waals surface area contributed by atoms with Crippen LogP contribution in [-0.4, -0.2) is 10.9 Å². The standard InChI is InChI=1S/C11H12Cl2N2OS/c1-2-7(10(14)17)11(16)15-6-3-4-8(12)9(13)5-6/h3-5,7H,2H2,1H3,(H2,14,17)(H,15,16). The second kappa shape index (κ2) is 6.19. The lowest BCUT2D eigenvalue weighted by atomic mass is 10.1. The molecule has 0 aliphatic carbocycles. The first kappa shape index (κ1) is 14.2. The van der Waals surface area contributed by atoms with E-state index in [0.29, 0.717) is 22.2 Å². The van der Waals surface area contributed by atoms with Gasteiger partial charge in [0.05, 0.1) is 21.0 Å². The maximum atomic E-state index is 11.8. The molecule has 0 bridgehead atoms. The highest BCUT2D eigenvalue weighted by atomic mass is 35.5. The average Bonchev–Trinajstić information content (AvgIpc) is 2.24. The molecule has 1 amide bonds. The van der Waals surface area contributed by atoms with Gasteiger partial charge >= 0.3 is 0 Å². The van der Waals surface area contributed by atoms with E-state index in [1.807, 2.05) is 6.92 Å². The summed E-state index contributed by atoms with van der Waals surface area (Å²) in [5.41, 5.74) is 6.05. The smallest absolute Gasteiger partial charge is 0.234 e. The summed E-state index contributed by atoms with van der Waals surface area (Å²) in [5, 5.41) is 3.51. The quantitative estimate of drug-likeness (QED) is 0.837. The summed E-state index contributed by atoms with van der Waals surface area (Å²) in [7, 11) is 0. The van der Waals surface area contributed by atoms with Crippen molar-refractivity contribution in [1.82, 2.24) is 0 Å². The molecule has 1 aromatic rings. The number of halogens is 2. The highest BCUT2D eigenvalue weighted by Crippen LogP contribution is 2.25. The van der Waals surface area contributed by atoms with Crippen molar-refractivity contribution in [1.29, 1.82) is 0 Å². The number of nitrogens with one attached hydrogen (secondary N) is 1. The van der Waals surface area contributed by atoms with E-state index in [1.54, 1.807) is 18.2 Å². The van der Waals surface area contributed by atoms with E-state index in [-0.39, 0.29) is 10.9 Å². The zero-order valence-corrected chi connectivity index (χ0v) is 11.5. The molecule has 3 nitrogen and oxygen atoms in total. The van der Waals surface area contributed by atoms with Crippen molar-refractivity contribution < 1.29 is 4.79 Å². The summed E-state index contributed by atoms with van der Waals surface area (Å²) in [6.45, 7) is 1.85.